The second-order valence-electron chi connectivity index (χ2n) is 6.21. The number of hydrogen-bond acceptors (Lipinski definition) is 5. The van der Waals surface area contributed by atoms with Crippen LogP contribution in [0.5, 0.6) is 0 Å². The van der Waals surface area contributed by atoms with Crippen molar-refractivity contribution >= 4 is 27.4 Å². The number of carbonyl (C=O) groups is 1. The van der Waals surface area contributed by atoms with Crippen LogP contribution in [-0.4, -0.2) is 19.5 Å². The Morgan fingerprint density at radius 2 is 1.67 bits per heavy atom. The number of benzene rings is 2. The molecule has 3 aromatic rings. The van der Waals surface area contributed by atoms with Gasteiger partial charge >= 0.3 is 0 Å². The zero-order valence-corrected chi connectivity index (χ0v) is 15.9. The fourth-order valence-corrected chi connectivity index (χ4v) is 3.40. The maximum absolute atomic E-state index is 12.4. The fraction of sp³-hybridized carbons (Fsp3) is 0.158. The van der Waals surface area contributed by atoms with Crippen LogP contribution >= 0.6 is 0 Å². The number of aryl methyl sites for hydroxylation is 3. The third-order valence-electron chi connectivity index (χ3n) is 4.06. The van der Waals surface area contributed by atoms with Crippen LogP contribution in [0.3, 0.4) is 0 Å². The van der Waals surface area contributed by atoms with Gasteiger partial charge in [0.25, 0.3) is 15.9 Å². The molecule has 0 bridgehead atoms. The van der Waals surface area contributed by atoms with Gasteiger partial charge in [-0.05, 0) is 68.3 Å². The summed E-state index contributed by atoms with van der Waals surface area (Å²) >= 11 is 0. The Morgan fingerprint density at radius 1 is 0.963 bits per heavy atom. The Labute approximate surface area is 157 Å². The van der Waals surface area contributed by atoms with E-state index in [1.165, 1.54) is 30.3 Å². The van der Waals surface area contributed by atoms with E-state index in [-0.39, 0.29) is 16.6 Å². The largest absolute Gasteiger partial charge is 0.360 e. The fourth-order valence-electron chi connectivity index (χ4n) is 2.41. The van der Waals surface area contributed by atoms with E-state index >= 15 is 0 Å². The average molecular weight is 385 g/mol. The van der Waals surface area contributed by atoms with Crippen LogP contribution in [0.25, 0.3) is 0 Å². The number of anilines is 2. The third-order valence-corrected chi connectivity index (χ3v) is 5.43. The summed E-state index contributed by atoms with van der Waals surface area (Å²) in [6, 6.07) is 12.8. The molecule has 7 nitrogen and oxygen atoms in total. The molecule has 8 heteroatoms. The molecule has 0 radical (unpaired) electrons. The molecule has 0 unspecified atom stereocenters. The summed E-state index contributed by atoms with van der Waals surface area (Å²) in [5.41, 5.74) is 3.17. The molecule has 1 heterocycles. The SMILES string of the molecule is Cc1cc(NS(=O)(=O)c2ccc(NC(=O)c3ccc(C)c(C)c3)cc2)no1. The predicted molar refractivity (Wildman–Crippen MR) is 102 cm³/mol. The van der Waals surface area contributed by atoms with E-state index in [1.54, 1.807) is 13.0 Å². The zero-order valence-electron chi connectivity index (χ0n) is 15.1. The molecule has 0 saturated heterocycles. The van der Waals surface area contributed by atoms with Gasteiger partial charge in [-0.2, -0.15) is 0 Å². The van der Waals surface area contributed by atoms with Crippen molar-refractivity contribution in [2.45, 2.75) is 25.7 Å². The van der Waals surface area contributed by atoms with E-state index in [1.807, 2.05) is 26.0 Å². The van der Waals surface area contributed by atoms with Gasteiger partial charge in [-0.15, -0.1) is 0 Å². The van der Waals surface area contributed by atoms with E-state index in [9.17, 15) is 13.2 Å². The quantitative estimate of drug-likeness (QED) is 0.698. The van der Waals surface area contributed by atoms with Crippen LogP contribution in [0.2, 0.25) is 0 Å². The van der Waals surface area contributed by atoms with E-state index < -0.39 is 10.0 Å². The molecule has 0 fully saturated rings. The highest BCUT2D eigenvalue weighted by Crippen LogP contribution is 2.19. The predicted octanol–water partition coefficient (Wildman–Crippen LogP) is 3.65. The molecular weight excluding hydrogens is 366 g/mol. The van der Waals surface area contributed by atoms with E-state index in [4.69, 9.17) is 4.52 Å². The van der Waals surface area contributed by atoms with Crippen molar-refractivity contribution < 1.29 is 17.7 Å². The molecule has 140 valence electrons. The molecule has 27 heavy (non-hydrogen) atoms. The van der Waals surface area contributed by atoms with Gasteiger partial charge in [-0.1, -0.05) is 11.2 Å². The number of aromatic nitrogens is 1. The molecule has 2 aromatic carbocycles. The molecule has 0 aliphatic heterocycles. The van der Waals surface area contributed by atoms with Gasteiger partial charge in [0.1, 0.15) is 5.76 Å². The molecule has 0 atom stereocenters. The van der Waals surface area contributed by atoms with Crippen LogP contribution in [0.1, 0.15) is 27.2 Å². The molecule has 0 aliphatic carbocycles. The summed E-state index contributed by atoms with van der Waals surface area (Å²) < 4.78 is 31.9. The highest BCUT2D eigenvalue weighted by Gasteiger charge is 2.16. The first kappa shape index (κ1) is 18.7. The summed E-state index contributed by atoms with van der Waals surface area (Å²) in [5.74, 6) is 0.349. The lowest BCUT2D eigenvalue weighted by Crippen LogP contribution is -2.14. The minimum atomic E-state index is -3.79. The molecule has 3 rings (SSSR count). The van der Waals surface area contributed by atoms with Gasteiger partial charge in [0.15, 0.2) is 5.82 Å². The Balaban J connectivity index is 1.72. The van der Waals surface area contributed by atoms with Crippen LogP contribution in [0.15, 0.2) is 57.9 Å². The number of carbonyl (C=O) groups excluding carboxylic acids is 1. The molecule has 1 amide bonds. The molecular formula is C19H19N3O4S. The Hall–Kier alpha value is -3.13. The van der Waals surface area contributed by atoms with Gasteiger partial charge in [-0.25, -0.2) is 8.42 Å². The summed E-state index contributed by atoms with van der Waals surface area (Å²) in [7, 11) is -3.79. The second-order valence-corrected chi connectivity index (χ2v) is 7.89. The minimum Gasteiger partial charge on any atom is -0.360 e. The van der Waals surface area contributed by atoms with Gasteiger partial charge < -0.3 is 9.84 Å². The molecule has 2 N–H and O–H groups in total. The van der Waals surface area contributed by atoms with Crippen molar-refractivity contribution in [1.29, 1.82) is 0 Å². The van der Waals surface area contributed by atoms with Crippen molar-refractivity contribution in [3.63, 3.8) is 0 Å². The third kappa shape index (κ3) is 4.35. The normalized spacial score (nSPS) is 11.2. The summed E-state index contributed by atoms with van der Waals surface area (Å²) in [4.78, 5) is 12.4. The summed E-state index contributed by atoms with van der Waals surface area (Å²) in [5, 5.41) is 6.36. The van der Waals surface area contributed by atoms with Crippen molar-refractivity contribution in [1.82, 2.24) is 5.16 Å². The minimum absolute atomic E-state index is 0.0485. The monoisotopic (exact) mass is 385 g/mol. The number of nitrogens with one attached hydrogen (secondary N) is 2. The van der Waals surface area contributed by atoms with Gasteiger partial charge in [0.05, 0.1) is 4.90 Å². The van der Waals surface area contributed by atoms with E-state index in [0.717, 1.165) is 11.1 Å². The maximum Gasteiger partial charge on any atom is 0.263 e. The molecule has 0 spiro atoms. The lowest BCUT2D eigenvalue weighted by Gasteiger charge is -2.09. The van der Waals surface area contributed by atoms with Gasteiger partial charge in [0.2, 0.25) is 0 Å². The smallest absolute Gasteiger partial charge is 0.263 e. The summed E-state index contributed by atoms with van der Waals surface area (Å²) in [6.45, 7) is 5.58. The van der Waals surface area contributed by atoms with Crippen LogP contribution in [0.4, 0.5) is 11.5 Å². The lowest BCUT2D eigenvalue weighted by atomic mass is 10.1. The molecule has 0 saturated carbocycles. The highest BCUT2D eigenvalue weighted by molar-refractivity contribution is 7.92. The Kier molecular flexibility index (Phi) is 5.00. The van der Waals surface area contributed by atoms with Gasteiger partial charge in [0, 0.05) is 17.3 Å². The Bertz CT molecular complexity index is 1090. The molecule has 0 aliphatic rings. The second kappa shape index (κ2) is 7.24. The topological polar surface area (TPSA) is 101 Å². The van der Waals surface area contributed by atoms with Crippen molar-refractivity contribution in [2.24, 2.45) is 0 Å². The number of amides is 1. The number of nitrogens with zero attached hydrogens (tertiary/aromatic N) is 1. The first-order valence-corrected chi connectivity index (χ1v) is 9.68. The number of rotatable bonds is 5. The zero-order chi connectivity index (χ0) is 19.6. The highest BCUT2D eigenvalue weighted by atomic mass is 32.2. The van der Waals surface area contributed by atoms with Crippen molar-refractivity contribution in [2.75, 3.05) is 10.0 Å². The standard InChI is InChI=1S/C19H19N3O4S/c1-12-4-5-15(10-13(12)2)19(23)20-16-6-8-17(9-7-16)27(24,25)22-18-11-14(3)26-21-18/h4-11H,1-3H3,(H,20,23)(H,21,22). The number of sulfonamides is 1. The van der Waals surface area contributed by atoms with E-state index in [2.05, 4.69) is 15.2 Å². The Morgan fingerprint density at radius 3 is 2.26 bits per heavy atom. The van der Waals surface area contributed by atoms with Crippen LogP contribution in [0, 0.1) is 20.8 Å². The number of hydrogen-bond donors (Lipinski definition) is 2. The van der Waals surface area contributed by atoms with Crippen molar-refractivity contribution in [3.05, 3.63) is 71.0 Å². The molecule has 1 aromatic heterocycles. The summed E-state index contributed by atoms with van der Waals surface area (Å²) in [6.07, 6.45) is 0. The van der Waals surface area contributed by atoms with Crippen LogP contribution in [-0.2, 0) is 10.0 Å². The maximum atomic E-state index is 12.4. The van der Waals surface area contributed by atoms with Crippen LogP contribution < -0.4 is 10.0 Å². The first-order valence-electron chi connectivity index (χ1n) is 8.19. The average Bonchev–Trinajstić information content (AvgIpc) is 3.02. The lowest BCUT2D eigenvalue weighted by molar-refractivity contribution is 0.102. The van der Waals surface area contributed by atoms with E-state index in [0.29, 0.717) is 17.0 Å². The first-order chi connectivity index (χ1) is 12.7. The van der Waals surface area contributed by atoms with Gasteiger partial charge in [-0.3, -0.25) is 9.52 Å². The van der Waals surface area contributed by atoms with Crippen molar-refractivity contribution in [3.8, 4) is 0 Å².